The number of nitrogens with one attached hydrogen (secondary N) is 1. The van der Waals surface area contributed by atoms with Crippen molar-refractivity contribution in [3.05, 3.63) is 53.1 Å². The van der Waals surface area contributed by atoms with Crippen molar-refractivity contribution in [1.82, 2.24) is 20.2 Å². The van der Waals surface area contributed by atoms with Gasteiger partial charge in [-0.1, -0.05) is 35.5 Å². The Morgan fingerprint density at radius 2 is 1.89 bits per heavy atom. The topological polar surface area (TPSA) is 81.9 Å². The minimum absolute atomic E-state index is 0.113. The van der Waals surface area contributed by atoms with Gasteiger partial charge in [0, 0.05) is 5.69 Å². The van der Waals surface area contributed by atoms with Crippen LogP contribution in [0.15, 0.2) is 41.6 Å². The van der Waals surface area contributed by atoms with Crippen LogP contribution >= 0.6 is 11.8 Å². The van der Waals surface area contributed by atoms with Crippen molar-refractivity contribution in [3.63, 3.8) is 0 Å². The number of aryl methyl sites for hydroxylation is 3. The Hall–Kier alpha value is -2.87. The van der Waals surface area contributed by atoms with Crippen LogP contribution in [0.1, 0.15) is 16.7 Å². The first-order valence-electron chi connectivity index (χ1n) is 8.41. The van der Waals surface area contributed by atoms with E-state index in [4.69, 9.17) is 4.74 Å². The Morgan fingerprint density at radius 3 is 2.63 bits per heavy atom. The monoisotopic (exact) mass is 383 g/mol. The number of rotatable bonds is 6. The summed E-state index contributed by atoms with van der Waals surface area (Å²) in [7, 11) is 1.60. The van der Waals surface area contributed by atoms with Gasteiger partial charge >= 0.3 is 0 Å². The average Bonchev–Trinajstić information content (AvgIpc) is 3.11. The molecule has 1 heterocycles. The summed E-state index contributed by atoms with van der Waals surface area (Å²) >= 11 is 1.27. The summed E-state index contributed by atoms with van der Waals surface area (Å²) in [5, 5.41) is 15.3. The van der Waals surface area contributed by atoms with Crippen molar-refractivity contribution in [1.29, 1.82) is 0 Å². The second-order valence-electron chi connectivity index (χ2n) is 6.20. The zero-order valence-electron chi connectivity index (χ0n) is 15.7. The van der Waals surface area contributed by atoms with Gasteiger partial charge in [0.1, 0.15) is 11.4 Å². The van der Waals surface area contributed by atoms with Gasteiger partial charge in [-0.3, -0.25) is 4.79 Å². The van der Waals surface area contributed by atoms with E-state index >= 15 is 0 Å². The summed E-state index contributed by atoms with van der Waals surface area (Å²) in [4.78, 5) is 12.3. The molecule has 2 aromatic carbocycles. The van der Waals surface area contributed by atoms with Crippen molar-refractivity contribution < 1.29 is 9.53 Å². The number of anilines is 1. The first-order valence-corrected chi connectivity index (χ1v) is 9.40. The number of hydrogen-bond donors (Lipinski definition) is 1. The van der Waals surface area contributed by atoms with Crippen LogP contribution in [0.4, 0.5) is 5.69 Å². The first kappa shape index (κ1) is 18.9. The number of thioether (sulfide) groups is 1. The molecule has 1 aromatic heterocycles. The first-order chi connectivity index (χ1) is 13.0. The van der Waals surface area contributed by atoms with Crippen LogP contribution in [0.25, 0.3) is 5.69 Å². The van der Waals surface area contributed by atoms with E-state index < -0.39 is 0 Å². The highest BCUT2D eigenvalue weighted by Gasteiger charge is 2.15. The number of methoxy groups -OCH3 is 1. The zero-order valence-corrected chi connectivity index (χ0v) is 16.5. The van der Waals surface area contributed by atoms with E-state index in [1.807, 2.05) is 57.2 Å². The molecular weight excluding hydrogens is 362 g/mol. The Kier molecular flexibility index (Phi) is 5.75. The molecule has 0 aliphatic rings. The highest BCUT2D eigenvalue weighted by molar-refractivity contribution is 7.99. The maximum atomic E-state index is 12.3. The Morgan fingerprint density at radius 1 is 1.15 bits per heavy atom. The van der Waals surface area contributed by atoms with Crippen molar-refractivity contribution in [2.75, 3.05) is 18.2 Å². The summed E-state index contributed by atoms with van der Waals surface area (Å²) in [6.45, 7) is 5.98. The van der Waals surface area contributed by atoms with Gasteiger partial charge in [-0.2, -0.15) is 4.68 Å². The third-order valence-corrected chi connectivity index (χ3v) is 4.91. The molecule has 7 nitrogen and oxygen atoms in total. The maximum Gasteiger partial charge on any atom is 0.234 e. The Bertz CT molecular complexity index is 970. The SMILES string of the molecule is COc1ccc(C)cc1-n1nnnc1SCC(=O)Nc1ccc(C)cc1C. The number of ether oxygens (including phenoxy) is 1. The molecule has 1 amide bonds. The quantitative estimate of drug-likeness (QED) is 0.658. The van der Waals surface area contributed by atoms with Crippen LogP contribution in [-0.4, -0.2) is 39.0 Å². The summed E-state index contributed by atoms with van der Waals surface area (Å²) in [6.07, 6.45) is 0. The third kappa shape index (κ3) is 4.46. The predicted octanol–water partition coefficient (Wildman–Crippen LogP) is 3.33. The van der Waals surface area contributed by atoms with Crippen LogP contribution in [-0.2, 0) is 4.79 Å². The lowest BCUT2D eigenvalue weighted by Gasteiger charge is -2.11. The lowest BCUT2D eigenvalue weighted by molar-refractivity contribution is -0.113. The fourth-order valence-corrected chi connectivity index (χ4v) is 3.34. The highest BCUT2D eigenvalue weighted by atomic mass is 32.2. The smallest absolute Gasteiger partial charge is 0.234 e. The molecule has 0 saturated heterocycles. The van der Waals surface area contributed by atoms with Gasteiger partial charge in [0.15, 0.2) is 0 Å². The van der Waals surface area contributed by atoms with E-state index in [2.05, 4.69) is 20.8 Å². The van der Waals surface area contributed by atoms with Gasteiger partial charge in [0.25, 0.3) is 0 Å². The third-order valence-electron chi connectivity index (χ3n) is 3.99. The van der Waals surface area contributed by atoms with E-state index in [9.17, 15) is 4.79 Å². The van der Waals surface area contributed by atoms with E-state index in [1.165, 1.54) is 11.8 Å². The molecule has 0 aliphatic carbocycles. The van der Waals surface area contributed by atoms with Crippen molar-refractivity contribution in [2.45, 2.75) is 25.9 Å². The summed E-state index contributed by atoms with van der Waals surface area (Å²) < 4.78 is 6.99. The van der Waals surface area contributed by atoms with Crippen LogP contribution < -0.4 is 10.1 Å². The van der Waals surface area contributed by atoms with Crippen LogP contribution in [0.5, 0.6) is 5.75 Å². The summed E-state index contributed by atoms with van der Waals surface area (Å²) in [5.74, 6) is 0.745. The molecule has 0 aliphatic heterocycles. The maximum absolute atomic E-state index is 12.3. The van der Waals surface area contributed by atoms with E-state index in [0.717, 1.165) is 28.1 Å². The average molecular weight is 383 g/mol. The predicted molar refractivity (Wildman–Crippen MR) is 106 cm³/mol. The molecule has 1 N–H and O–H groups in total. The fourth-order valence-electron chi connectivity index (χ4n) is 2.66. The number of benzene rings is 2. The molecule has 3 aromatic rings. The summed E-state index contributed by atoms with van der Waals surface area (Å²) in [6, 6.07) is 11.7. The molecule has 0 radical (unpaired) electrons. The lowest BCUT2D eigenvalue weighted by atomic mass is 10.1. The number of hydrogen-bond acceptors (Lipinski definition) is 6. The molecule has 140 valence electrons. The van der Waals surface area contributed by atoms with E-state index in [-0.39, 0.29) is 11.7 Å². The van der Waals surface area contributed by atoms with E-state index in [1.54, 1.807) is 11.8 Å². The molecule has 27 heavy (non-hydrogen) atoms. The highest BCUT2D eigenvalue weighted by Crippen LogP contribution is 2.27. The molecule has 0 atom stereocenters. The number of aromatic nitrogens is 4. The number of nitrogens with zero attached hydrogens (tertiary/aromatic N) is 4. The van der Waals surface area contributed by atoms with Gasteiger partial charge in [0.05, 0.1) is 12.9 Å². The number of amides is 1. The number of carbonyl (C=O) groups is 1. The molecule has 3 rings (SSSR count). The molecule has 0 saturated carbocycles. The zero-order chi connectivity index (χ0) is 19.4. The molecule has 0 bridgehead atoms. The normalized spacial score (nSPS) is 10.7. The second-order valence-corrected chi connectivity index (χ2v) is 7.15. The van der Waals surface area contributed by atoms with Crippen LogP contribution in [0.3, 0.4) is 0 Å². The molecule has 0 spiro atoms. The van der Waals surface area contributed by atoms with Gasteiger partial charge in [-0.05, 0) is 60.5 Å². The number of carbonyl (C=O) groups excluding carboxylic acids is 1. The molecule has 8 heteroatoms. The van der Waals surface area contributed by atoms with Crippen LogP contribution in [0.2, 0.25) is 0 Å². The Labute approximate surface area is 162 Å². The van der Waals surface area contributed by atoms with E-state index in [0.29, 0.717) is 10.9 Å². The molecule has 0 unspecified atom stereocenters. The van der Waals surface area contributed by atoms with Crippen molar-refractivity contribution in [3.8, 4) is 11.4 Å². The van der Waals surface area contributed by atoms with Crippen LogP contribution in [0, 0.1) is 20.8 Å². The van der Waals surface area contributed by atoms with Crippen molar-refractivity contribution >= 4 is 23.4 Å². The van der Waals surface area contributed by atoms with Gasteiger partial charge in [0.2, 0.25) is 11.1 Å². The standard InChI is InChI=1S/C19H21N5O2S/c1-12-5-7-15(14(3)9-12)20-18(25)11-27-19-21-22-23-24(19)16-10-13(2)6-8-17(16)26-4/h5-10H,11H2,1-4H3,(H,20,25). The number of tetrazole rings is 1. The largest absolute Gasteiger partial charge is 0.494 e. The second kappa shape index (κ2) is 8.22. The van der Waals surface area contributed by atoms with Crippen molar-refractivity contribution in [2.24, 2.45) is 0 Å². The molecular formula is C19H21N5O2S. The van der Waals surface area contributed by atoms with Gasteiger partial charge < -0.3 is 10.1 Å². The minimum atomic E-state index is -0.113. The Balaban J connectivity index is 1.72. The van der Waals surface area contributed by atoms with Gasteiger partial charge in [-0.25, -0.2) is 0 Å². The summed E-state index contributed by atoms with van der Waals surface area (Å²) in [5.41, 5.74) is 4.80. The minimum Gasteiger partial charge on any atom is -0.494 e. The molecule has 0 fully saturated rings. The lowest BCUT2D eigenvalue weighted by Crippen LogP contribution is -2.15. The van der Waals surface area contributed by atoms with Gasteiger partial charge in [-0.15, -0.1) is 5.10 Å². The fraction of sp³-hybridized carbons (Fsp3) is 0.263.